The van der Waals surface area contributed by atoms with E-state index in [-0.39, 0.29) is 25.5 Å². The normalized spacial score (nSPS) is 23.0. The van der Waals surface area contributed by atoms with Gasteiger partial charge in [0.1, 0.15) is 24.5 Å². The number of benzene rings is 2. The number of esters is 2. The van der Waals surface area contributed by atoms with E-state index in [1.54, 1.807) is 13.8 Å². The summed E-state index contributed by atoms with van der Waals surface area (Å²) in [5, 5.41) is 0. The van der Waals surface area contributed by atoms with Crippen molar-refractivity contribution < 1.29 is 33.4 Å². The van der Waals surface area contributed by atoms with Gasteiger partial charge < -0.3 is 19.1 Å². The van der Waals surface area contributed by atoms with Gasteiger partial charge in [0.2, 0.25) is 5.78 Å². The molecule has 8 heteroatoms. The fourth-order valence-corrected chi connectivity index (χ4v) is 5.41. The average Bonchev–Trinajstić information content (AvgIpc) is 3.01. The molecule has 0 aliphatic carbocycles. The minimum atomic E-state index is -1.21. The Morgan fingerprint density at radius 3 is 2.45 bits per heavy atom. The molecule has 0 N–H and O–H groups in total. The third-order valence-electron chi connectivity index (χ3n) is 8.01. The van der Waals surface area contributed by atoms with Crippen LogP contribution in [0.5, 0.6) is 5.75 Å². The molecule has 2 unspecified atom stereocenters. The number of hydrogen-bond donors (Lipinski definition) is 0. The first-order valence-corrected chi connectivity index (χ1v) is 15.2. The number of cyclic esters (lactones) is 2. The Morgan fingerprint density at radius 1 is 0.857 bits per heavy atom. The van der Waals surface area contributed by atoms with Crippen LogP contribution in [0.1, 0.15) is 88.9 Å². The maximum atomic E-state index is 13.7. The first-order valence-electron chi connectivity index (χ1n) is 15.2. The highest BCUT2D eigenvalue weighted by molar-refractivity contribution is 6.38. The number of ketones is 1. The highest BCUT2D eigenvalue weighted by atomic mass is 16.5. The van der Waals surface area contributed by atoms with Crippen LogP contribution in [0.2, 0.25) is 0 Å². The maximum absolute atomic E-state index is 13.7. The van der Waals surface area contributed by atoms with Gasteiger partial charge in [0.15, 0.2) is 0 Å². The molecule has 0 saturated carbocycles. The molecular weight excluding hydrogens is 534 g/mol. The number of ether oxygens (including phenoxy) is 3. The van der Waals surface area contributed by atoms with Crippen molar-refractivity contribution in [1.29, 1.82) is 0 Å². The molecular formula is C34H43NO7. The van der Waals surface area contributed by atoms with Gasteiger partial charge in [0.05, 0.1) is 12.0 Å². The van der Waals surface area contributed by atoms with E-state index in [2.05, 4.69) is 0 Å². The molecule has 2 bridgehead atoms. The Morgan fingerprint density at radius 2 is 1.64 bits per heavy atom. The van der Waals surface area contributed by atoms with Crippen LogP contribution in [0.15, 0.2) is 54.6 Å². The van der Waals surface area contributed by atoms with Crippen molar-refractivity contribution in [2.75, 3.05) is 19.8 Å². The molecule has 0 aromatic heterocycles. The predicted octanol–water partition coefficient (Wildman–Crippen LogP) is 5.77. The highest BCUT2D eigenvalue weighted by Gasteiger charge is 2.42. The van der Waals surface area contributed by atoms with E-state index in [0.29, 0.717) is 44.5 Å². The summed E-state index contributed by atoms with van der Waals surface area (Å²) < 4.78 is 17.6. The summed E-state index contributed by atoms with van der Waals surface area (Å²) in [6.07, 6.45) is 6.08. The summed E-state index contributed by atoms with van der Waals surface area (Å²) in [6, 6.07) is 16.8. The molecule has 0 spiro atoms. The molecule has 2 atom stereocenters. The van der Waals surface area contributed by atoms with Gasteiger partial charge in [-0.15, -0.1) is 0 Å². The molecule has 226 valence electrons. The molecule has 4 rings (SSSR count). The number of carbonyl (C=O) groups excluding carboxylic acids is 4. The summed E-state index contributed by atoms with van der Waals surface area (Å²) in [5.41, 5.74) is 0.739. The van der Waals surface area contributed by atoms with Gasteiger partial charge in [-0.25, -0.2) is 4.79 Å². The van der Waals surface area contributed by atoms with Crippen LogP contribution >= 0.6 is 0 Å². The van der Waals surface area contributed by atoms with Crippen LogP contribution in [-0.4, -0.2) is 54.3 Å². The Labute approximate surface area is 248 Å². The van der Waals surface area contributed by atoms with Crippen LogP contribution in [0, 0.1) is 5.41 Å². The third-order valence-corrected chi connectivity index (χ3v) is 8.01. The second kappa shape index (κ2) is 15.0. The fraction of sp³-hybridized carbons (Fsp3) is 0.529. The highest BCUT2D eigenvalue weighted by Crippen LogP contribution is 2.30. The minimum Gasteiger partial charge on any atom is -0.494 e. The SMILES string of the molecule is CC1(C)COC(=O)CCCCCCOc2cccc(c2)C(CCc2ccccc2)OC(=O)C2CCCCN2C(=O)C1=O. The van der Waals surface area contributed by atoms with Crippen molar-refractivity contribution in [3.63, 3.8) is 0 Å². The van der Waals surface area contributed by atoms with Gasteiger partial charge in [-0.3, -0.25) is 14.4 Å². The molecule has 1 fully saturated rings. The summed E-state index contributed by atoms with van der Waals surface area (Å²) in [7, 11) is 0. The Bertz CT molecular complexity index is 1230. The molecule has 42 heavy (non-hydrogen) atoms. The minimum absolute atomic E-state index is 0.190. The Balaban J connectivity index is 1.59. The van der Waals surface area contributed by atoms with E-state index < -0.39 is 35.2 Å². The third kappa shape index (κ3) is 8.66. The van der Waals surface area contributed by atoms with Crippen molar-refractivity contribution in [2.45, 2.75) is 90.2 Å². The van der Waals surface area contributed by atoms with E-state index in [0.717, 1.165) is 36.8 Å². The number of nitrogens with zero attached hydrogens (tertiary/aromatic N) is 1. The van der Waals surface area contributed by atoms with E-state index in [1.165, 1.54) is 4.90 Å². The zero-order chi connectivity index (χ0) is 30.0. The Hall–Kier alpha value is -3.68. The molecule has 1 amide bonds. The summed E-state index contributed by atoms with van der Waals surface area (Å²) in [6.45, 7) is 3.83. The lowest BCUT2D eigenvalue weighted by Crippen LogP contribution is -2.53. The van der Waals surface area contributed by atoms with Crippen molar-refractivity contribution in [3.8, 4) is 5.75 Å². The van der Waals surface area contributed by atoms with Crippen molar-refractivity contribution in [1.82, 2.24) is 4.90 Å². The number of hydrogen-bond acceptors (Lipinski definition) is 7. The molecule has 2 aromatic rings. The van der Waals surface area contributed by atoms with E-state index in [1.807, 2.05) is 54.6 Å². The van der Waals surface area contributed by atoms with Gasteiger partial charge in [0, 0.05) is 13.0 Å². The van der Waals surface area contributed by atoms with Gasteiger partial charge >= 0.3 is 11.9 Å². The first kappa shape index (κ1) is 31.3. The van der Waals surface area contributed by atoms with Crippen molar-refractivity contribution >= 4 is 23.6 Å². The molecule has 1 saturated heterocycles. The predicted molar refractivity (Wildman–Crippen MR) is 158 cm³/mol. The summed E-state index contributed by atoms with van der Waals surface area (Å²) in [5.74, 6) is -1.62. The molecule has 2 aromatic carbocycles. The fourth-order valence-electron chi connectivity index (χ4n) is 5.41. The second-order valence-corrected chi connectivity index (χ2v) is 11.9. The van der Waals surface area contributed by atoms with Crippen molar-refractivity contribution in [3.05, 3.63) is 65.7 Å². The molecule has 2 aliphatic heterocycles. The number of fused-ring (bicyclic) bond motifs is 3. The van der Waals surface area contributed by atoms with E-state index >= 15 is 0 Å². The smallest absolute Gasteiger partial charge is 0.329 e. The quantitative estimate of drug-likeness (QED) is 0.338. The van der Waals surface area contributed by atoms with E-state index in [9.17, 15) is 19.2 Å². The zero-order valence-electron chi connectivity index (χ0n) is 24.8. The van der Waals surface area contributed by atoms with Crippen LogP contribution in [0.4, 0.5) is 0 Å². The van der Waals surface area contributed by atoms with Gasteiger partial charge in [-0.1, -0.05) is 55.3 Å². The number of piperidine rings is 1. The second-order valence-electron chi connectivity index (χ2n) is 11.9. The topological polar surface area (TPSA) is 99.2 Å². The van der Waals surface area contributed by atoms with E-state index in [4.69, 9.17) is 14.2 Å². The first-order chi connectivity index (χ1) is 20.2. The van der Waals surface area contributed by atoms with Crippen LogP contribution in [0.25, 0.3) is 0 Å². The van der Waals surface area contributed by atoms with Crippen LogP contribution < -0.4 is 4.74 Å². The Kier molecular flexibility index (Phi) is 11.2. The molecule has 2 heterocycles. The number of aryl methyl sites for hydroxylation is 1. The van der Waals surface area contributed by atoms with Gasteiger partial charge in [-0.2, -0.15) is 0 Å². The van der Waals surface area contributed by atoms with Crippen LogP contribution in [0.3, 0.4) is 0 Å². The van der Waals surface area contributed by atoms with Gasteiger partial charge in [-0.05, 0) is 82.1 Å². The summed E-state index contributed by atoms with van der Waals surface area (Å²) >= 11 is 0. The molecule has 8 nitrogen and oxygen atoms in total. The number of carbonyl (C=O) groups is 4. The maximum Gasteiger partial charge on any atom is 0.329 e. The number of Topliss-reactive ketones (excluding diaryl/α,β-unsaturated/α-hetero) is 1. The van der Waals surface area contributed by atoms with Crippen LogP contribution in [-0.2, 0) is 35.1 Å². The number of amides is 1. The lowest BCUT2D eigenvalue weighted by molar-refractivity contribution is -0.165. The van der Waals surface area contributed by atoms with Gasteiger partial charge in [0.25, 0.3) is 5.91 Å². The largest absolute Gasteiger partial charge is 0.494 e. The molecule has 2 aliphatic rings. The zero-order valence-corrected chi connectivity index (χ0v) is 24.8. The van der Waals surface area contributed by atoms with Crippen molar-refractivity contribution in [2.24, 2.45) is 5.41 Å². The lowest BCUT2D eigenvalue weighted by atomic mass is 9.87. The monoisotopic (exact) mass is 577 g/mol. The summed E-state index contributed by atoms with van der Waals surface area (Å²) in [4.78, 5) is 54.2. The standard InChI is InChI=1S/C34H43NO7/c1-34(2)24-41-30(36)18-8-3-4-11-22-40-27-16-12-15-26(23-27)29(20-19-25-13-6-5-7-14-25)42-33(39)28-17-9-10-21-35(28)32(38)31(34)37/h5-7,12-16,23,28-29H,3-4,8-11,17-22,24H2,1-2H3. The number of rotatable bonds is 3. The lowest BCUT2D eigenvalue weighted by Gasteiger charge is -2.36. The average molecular weight is 578 g/mol. The molecule has 0 radical (unpaired) electrons.